The van der Waals surface area contributed by atoms with E-state index in [4.69, 9.17) is 4.74 Å². The second-order valence-corrected chi connectivity index (χ2v) is 10.6. The Hall–Kier alpha value is -2.58. The zero-order valence-corrected chi connectivity index (χ0v) is 21.0. The van der Waals surface area contributed by atoms with Gasteiger partial charge in [0.1, 0.15) is 23.1 Å². The first kappa shape index (κ1) is 26.5. The molecule has 0 radical (unpaired) electrons. The fourth-order valence-corrected chi connectivity index (χ4v) is 5.19. The van der Waals surface area contributed by atoms with Gasteiger partial charge in [-0.1, -0.05) is 6.07 Å². The van der Waals surface area contributed by atoms with Gasteiger partial charge in [-0.25, -0.2) is 13.2 Å². The SMILES string of the molecule is CC(C)(F)CN1CCC(COc2ccc(-c3ccc(C(=O)N4CCC[C@H]4CO)cc3F)c(F)c2)CC1. The molecule has 4 rings (SSSR count). The third kappa shape index (κ3) is 6.40. The van der Waals surface area contributed by atoms with Gasteiger partial charge in [0.25, 0.3) is 5.91 Å². The Labute approximate surface area is 210 Å². The number of amides is 1. The van der Waals surface area contributed by atoms with E-state index in [2.05, 4.69) is 4.90 Å². The largest absolute Gasteiger partial charge is 0.493 e. The Balaban J connectivity index is 1.36. The molecule has 1 N–H and O–H groups in total. The highest BCUT2D eigenvalue weighted by Gasteiger charge is 2.29. The summed E-state index contributed by atoms with van der Waals surface area (Å²) in [6.45, 7) is 6.06. The van der Waals surface area contributed by atoms with Crippen LogP contribution in [0.2, 0.25) is 0 Å². The Kier molecular flexibility index (Phi) is 8.25. The van der Waals surface area contributed by atoms with Crippen LogP contribution in [0.3, 0.4) is 0 Å². The average molecular weight is 505 g/mol. The zero-order chi connectivity index (χ0) is 25.9. The van der Waals surface area contributed by atoms with Crippen LogP contribution in [0.15, 0.2) is 36.4 Å². The number of rotatable bonds is 8. The van der Waals surface area contributed by atoms with E-state index in [1.54, 1.807) is 24.8 Å². The van der Waals surface area contributed by atoms with Crippen molar-refractivity contribution in [3.8, 4) is 16.9 Å². The number of hydrogen-bond donors (Lipinski definition) is 1. The fourth-order valence-electron chi connectivity index (χ4n) is 5.19. The van der Waals surface area contributed by atoms with E-state index < -0.39 is 17.3 Å². The van der Waals surface area contributed by atoms with Crippen LogP contribution < -0.4 is 4.74 Å². The predicted octanol–water partition coefficient (Wildman–Crippen LogP) is 5.07. The lowest BCUT2D eigenvalue weighted by molar-refractivity contribution is 0.0677. The van der Waals surface area contributed by atoms with Crippen LogP contribution in [0.25, 0.3) is 11.1 Å². The number of hydrogen-bond acceptors (Lipinski definition) is 4. The van der Waals surface area contributed by atoms with Crippen molar-refractivity contribution < 1.29 is 27.8 Å². The van der Waals surface area contributed by atoms with Crippen LogP contribution in [0.5, 0.6) is 5.75 Å². The molecule has 2 aliphatic heterocycles. The molecule has 2 aromatic rings. The lowest BCUT2D eigenvalue weighted by Gasteiger charge is -2.34. The minimum Gasteiger partial charge on any atom is -0.493 e. The van der Waals surface area contributed by atoms with Crippen molar-refractivity contribution in [2.24, 2.45) is 5.92 Å². The van der Waals surface area contributed by atoms with Gasteiger partial charge in [0.05, 0.1) is 19.3 Å². The Morgan fingerprint density at radius 2 is 1.69 bits per heavy atom. The summed E-state index contributed by atoms with van der Waals surface area (Å²) >= 11 is 0. The maximum atomic E-state index is 14.9. The monoisotopic (exact) mass is 504 g/mol. The molecule has 0 unspecified atom stereocenters. The molecule has 8 heteroatoms. The quantitative estimate of drug-likeness (QED) is 0.546. The molecule has 2 aromatic carbocycles. The highest BCUT2D eigenvalue weighted by atomic mass is 19.1. The molecule has 0 spiro atoms. The summed E-state index contributed by atoms with van der Waals surface area (Å²) < 4.78 is 49.5. The van der Waals surface area contributed by atoms with Gasteiger partial charge in [0, 0.05) is 35.8 Å². The number of likely N-dealkylation sites (tertiary alicyclic amines) is 2. The van der Waals surface area contributed by atoms with E-state index >= 15 is 0 Å². The second kappa shape index (κ2) is 11.2. The first-order valence-electron chi connectivity index (χ1n) is 12.7. The van der Waals surface area contributed by atoms with Gasteiger partial charge in [-0.3, -0.25) is 4.79 Å². The lowest BCUT2D eigenvalue weighted by Crippen LogP contribution is -2.41. The summed E-state index contributed by atoms with van der Waals surface area (Å²) in [6, 6.07) is 8.15. The first-order chi connectivity index (χ1) is 17.1. The van der Waals surface area contributed by atoms with Gasteiger partial charge in [-0.2, -0.15) is 0 Å². The van der Waals surface area contributed by atoms with Crippen molar-refractivity contribution in [2.45, 2.75) is 51.2 Å². The van der Waals surface area contributed by atoms with Crippen LogP contribution in [0, 0.1) is 17.6 Å². The molecular formula is C28H35F3N2O3. The van der Waals surface area contributed by atoms with Crippen LogP contribution in [0.1, 0.15) is 49.9 Å². The van der Waals surface area contributed by atoms with Gasteiger partial charge < -0.3 is 19.6 Å². The molecule has 2 fully saturated rings. The normalized spacial score (nSPS) is 19.6. The topological polar surface area (TPSA) is 53.0 Å². The van der Waals surface area contributed by atoms with Crippen molar-refractivity contribution in [3.63, 3.8) is 0 Å². The van der Waals surface area contributed by atoms with Crippen molar-refractivity contribution in [1.82, 2.24) is 9.80 Å². The van der Waals surface area contributed by atoms with E-state index in [0.29, 0.717) is 31.4 Å². The number of benzene rings is 2. The molecule has 0 saturated carbocycles. The molecule has 0 aliphatic carbocycles. The molecule has 0 aromatic heterocycles. The standard InChI is InChI=1S/C28H35F3N2O3/c1-28(2,31)18-32-12-9-19(10-13-32)17-36-22-6-8-24(26(30)15-22)23-7-5-20(14-25(23)29)27(35)33-11-3-4-21(33)16-34/h5-8,14-15,19,21,34H,3-4,9-13,16-18H2,1-2H3/t21-/m0/s1. The fraction of sp³-hybridized carbons (Fsp3) is 0.536. The Bertz CT molecular complexity index is 1060. The number of alkyl halides is 1. The number of ether oxygens (including phenoxy) is 1. The highest BCUT2D eigenvalue weighted by Crippen LogP contribution is 2.30. The second-order valence-electron chi connectivity index (χ2n) is 10.6. The van der Waals surface area contributed by atoms with Gasteiger partial charge in [0.15, 0.2) is 0 Å². The number of carbonyl (C=O) groups is 1. The van der Waals surface area contributed by atoms with Gasteiger partial charge >= 0.3 is 0 Å². The van der Waals surface area contributed by atoms with E-state index in [0.717, 1.165) is 44.8 Å². The van der Waals surface area contributed by atoms with E-state index in [1.165, 1.54) is 24.3 Å². The summed E-state index contributed by atoms with van der Waals surface area (Å²) in [4.78, 5) is 16.4. The van der Waals surface area contributed by atoms with E-state index in [1.807, 2.05) is 0 Å². The third-order valence-electron chi connectivity index (χ3n) is 7.09. The average Bonchev–Trinajstić information content (AvgIpc) is 3.31. The number of aliphatic hydroxyl groups is 1. The summed E-state index contributed by atoms with van der Waals surface area (Å²) in [5.41, 5.74) is -0.873. The van der Waals surface area contributed by atoms with E-state index in [9.17, 15) is 23.1 Å². The number of carbonyl (C=O) groups excluding carboxylic acids is 1. The third-order valence-corrected chi connectivity index (χ3v) is 7.09. The smallest absolute Gasteiger partial charge is 0.254 e. The van der Waals surface area contributed by atoms with Crippen molar-refractivity contribution >= 4 is 5.91 Å². The molecular weight excluding hydrogens is 469 g/mol. The number of halogens is 3. The zero-order valence-electron chi connectivity index (χ0n) is 21.0. The van der Waals surface area contributed by atoms with Crippen molar-refractivity contribution in [2.75, 3.05) is 39.4 Å². The molecule has 2 saturated heterocycles. The molecule has 0 bridgehead atoms. The number of piperidine rings is 1. The molecule has 1 amide bonds. The Morgan fingerprint density at radius 1 is 1.03 bits per heavy atom. The Morgan fingerprint density at radius 3 is 2.31 bits per heavy atom. The lowest BCUT2D eigenvalue weighted by atomic mass is 9.96. The van der Waals surface area contributed by atoms with Crippen LogP contribution in [-0.4, -0.2) is 71.9 Å². The minimum atomic E-state index is -1.21. The summed E-state index contributed by atoms with van der Waals surface area (Å²) in [6.07, 6.45) is 3.31. The van der Waals surface area contributed by atoms with E-state index in [-0.39, 0.29) is 35.2 Å². The maximum absolute atomic E-state index is 14.9. The van der Waals surface area contributed by atoms with Gasteiger partial charge in [-0.15, -0.1) is 0 Å². The van der Waals surface area contributed by atoms with Crippen molar-refractivity contribution in [1.29, 1.82) is 0 Å². The minimum absolute atomic E-state index is 0.0684. The summed E-state index contributed by atoms with van der Waals surface area (Å²) in [5.74, 6) is -0.933. The molecule has 36 heavy (non-hydrogen) atoms. The molecule has 196 valence electrons. The molecule has 2 heterocycles. The van der Waals surface area contributed by atoms with Gasteiger partial charge in [-0.05, 0) is 82.8 Å². The van der Waals surface area contributed by atoms with Gasteiger partial charge in [0.2, 0.25) is 0 Å². The number of aliphatic hydroxyl groups excluding tert-OH is 1. The van der Waals surface area contributed by atoms with Crippen LogP contribution >= 0.6 is 0 Å². The summed E-state index contributed by atoms with van der Waals surface area (Å²) in [7, 11) is 0. The highest BCUT2D eigenvalue weighted by molar-refractivity contribution is 5.95. The molecule has 1 atom stereocenters. The number of nitrogens with zero attached hydrogens (tertiary/aromatic N) is 2. The van der Waals surface area contributed by atoms with Crippen LogP contribution in [-0.2, 0) is 0 Å². The predicted molar refractivity (Wildman–Crippen MR) is 133 cm³/mol. The van der Waals surface area contributed by atoms with Crippen LogP contribution in [0.4, 0.5) is 13.2 Å². The summed E-state index contributed by atoms with van der Waals surface area (Å²) in [5, 5.41) is 9.46. The first-order valence-corrected chi connectivity index (χ1v) is 12.7. The van der Waals surface area contributed by atoms with Crippen molar-refractivity contribution in [3.05, 3.63) is 53.6 Å². The molecule has 5 nitrogen and oxygen atoms in total. The molecule has 2 aliphatic rings. The maximum Gasteiger partial charge on any atom is 0.254 e.